The van der Waals surface area contributed by atoms with E-state index < -0.39 is 0 Å². The number of ether oxygens (including phenoxy) is 2. The first-order valence-corrected chi connectivity index (χ1v) is 7.35. The Labute approximate surface area is 126 Å². The molecular weight excluding hydrogens is 268 g/mol. The lowest BCUT2D eigenvalue weighted by Gasteiger charge is -2.42. The van der Waals surface area contributed by atoms with Crippen LogP contribution in [0.5, 0.6) is 0 Å². The number of amides is 1. The van der Waals surface area contributed by atoms with Gasteiger partial charge in [-0.2, -0.15) is 0 Å². The van der Waals surface area contributed by atoms with Crippen molar-refractivity contribution in [1.29, 1.82) is 0 Å². The molecule has 0 saturated carbocycles. The molecular formula is C16H24N2O3. The average molecular weight is 292 g/mol. The molecule has 0 spiro atoms. The van der Waals surface area contributed by atoms with E-state index in [2.05, 4.69) is 4.98 Å². The maximum Gasteiger partial charge on any atom is 0.254 e. The maximum atomic E-state index is 12.8. The molecule has 0 N–H and O–H groups in total. The van der Waals surface area contributed by atoms with Crippen molar-refractivity contribution in [2.24, 2.45) is 0 Å². The van der Waals surface area contributed by atoms with Crippen LogP contribution in [0.1, 0.15) is 36.7 Å². The van der Waals surface area contributed by atoms with Crippen LogP contribution in [0.4, 0.5) is 0 Å². The van der Waals surface area contributed by atoms with Crippen molar-refractivity contribution in [2.75, 3.05) is 26.8 Å². The van der Waals surface area contributed by atoms with E-state index in [1.165, 1.54) is 0 Å². The molecule has 1 atom stereocenters. The summed E-state index contributed by atoms with van der Waals surface area (Å²) in [6, 6.07) is 1.80. The van der Waals surface area contributed by atoms with Gasteiger partial charge in [-0.1, -0.05) is 6.92 Å². The Bertz CT molecular complexity index is 502. The summed E-state index contributed by atoms with van der Waals surface area (Å²) in [5, 5.41) is 0. The van der Waals surface area contributed by atoms with Gasteiger partial charge in [0.2, 0.25) is 0 Å². The minimum atomic E-state index is -0.365. The van der Waals surface area contributed by atoms with Crippen molar-refractivity contribution >= 4 is 5.91 Å². The molecule has 1 saturated heterocycles. The van der Waals surface area contributed by atoms with Crippen molar-refractivity contribution in [3.05, 3.63) is 29.6 Å². The van der Waals surface area contributed by atoms with E-state index in [4.69, 9.17) is 9.47 Å². The summed E-state index contributed by atoms with van der Waals surface area (Å²) in [7, 11) is 1.65. The largest absolute Gasteiger partial charge is 0.382 e. The van der Waals surface area contributed by atoms with Gasteiger partial charge in [0.15, 0.2) is 0 Å². The predicted molar refractivity (Wildman–Crippen MR) is 80.3 cm³/mol. The molecule has 5 heteroatoms. The zero-order valence-electron chi connectivity index (χ0n) is 13.3. The fourth-order valence-corrected chi connectivity index (χ4v) is 2.81. The molecule has 1 aromatic heterocycles. The van der Waals surface area contributed by atoms with Gasteiger partial charge in [-0.05, 0) is 31.9 Å². The van der Waals surface area contributed by atoms with Crippen LogP contribution in [0.2, 0.25) is 0 Å². The molecule has 116 valence electrons. The highest BCUT2D eigenvalue weighted by Gasteiger charge is 2.36. The molecule has 1 aromatic rings. The van der Waals surface area contributed by atoms with Gasteiger partial charge in [-0.15, -0.1) is 0 Å². The normalized spacial score (nSPS) is 21.3. The minimum Gasteiger partial charge on any atom is -0.382 e. The Kier molecular flexibility index (Phi) is 4.96. The van der Waals surface area contributed by atoms with Crippen LogP contribution in [0.25, 0.3) is 0 Å². The van der Waals surface area contributed by atoms with Crippen LogP contribution in [0, 0.1) is 0 Å². The van der Waals surface area contributed by atoms with Crippen molar-refractivity contribution in [1.82, 2.24) is 9.88 Å². The monoisotopic (exact) mass is 292 g/mol. The third-order valence-electron chi connectivity index (χ3n) is 3.64. The third kappa shape index (κ3) is 3.80. The zero-order valence-corrected chi connectivity index (χ0v) is 13.3. The molecule has 0 aromatic carbocycles. The summed E-state index contributed by atoms with van der Waals surface area (Å²) in [5.74, 6) is 0.0479. The van der Waals surface area contributed by atoms with E-state index in [-0.39, 0.29) is 17.6 Å². The van der Waals surface area contributed by atoms with Gasteiger partial charge in [0.25, 0.3) is 5.91 Å². The molecule has 5 nitrogen and oxygen atoms in total. The van der Waals surface area contributed by atoms with E-state index >= 15 is 0 Å². The fraction of sp³-hybridized carbons (Fsp3) is 0.625. The van der Waals surface area contributed by atoms with Gasteiger partial charge in [-0.3, -0.25) is 9.78 Å². The molecule has 1 fully saturated rings. The molecule has 0 radical (unpaired) electrons. The summed E-state index contributed by atoms with van der Waals surface area (Å²) < 4.78 is 11.1. The Morgan fingerprint density at radius 2 is 2.33 bits per heavy atom. The van der Waals surface area contributed by atoms with Gasteiger partial charge in [0.05, 0.1) is 18.3 Å². The zero-order chi connectivity index (χ0) is 15.5. The highest BCUT2D eigenvalue weighted by atomic mass is 16.5. The third-order valence-corrected chi connectivity index (χ3v) is 3.64. The number of hydrogen-bond acceptors (Lipinski definition) is 4. The molecule has 0 bridgehead atoms. The number of rotatable bonds is 4. The minimum absolute atomic E-state index is 0.0479. The number of methoxy groups -OCH3 is 1. The fourth-order valence-electron chi connectivity index (χ4n) is 2.81. The topological polar surface area (TPSA) is 51.7 Å². The van der Waals surface area contributed by atoms with E-state index in [9.17, 15) is 4.79 Å². The van der Waals surface area contributed by atoms with Crippen LogP contribution >= 0.6 is 0 Å². The molecule has 1 aliphatic rings. The molecule has 1 amide bonds. The number of morpholine rings is 1. The highest BCUT2D eigenvalue weighted by Crippen LogP contribution is 2.23. The lowest BCUT2D eigenvalue weighted by molar-refractivity contribution is -0.143. The molecule has 2 heterocycles. The number of carbonyl (C=O) groups excluding carboxylic acids is 1. The number of pyridine rings is 1. The summed E-state index contributed by atoms with van der Waals surface area (Å²) >= 11 is 0. The summed E-state index contributed by atoms with van der Waals surface area (Å²) in [5.41, 5.74) is 1.35. The van der Waals surface area contributed by atoms with Crippen LogP contribution in [-0.4, -0.2) is 54.3 Å². The Balaban J connectivity index is 2.21. The first kappa shape index (κ1) is 15.9. The van der Waals surface area contributed by atoms with Gasteiger partial charge in [0, 0.05) is 38.2 Å². The summed E-state index contributed by atoms with van der Waals surface area (Å²) in [6.07, 6.45) is 4.15. The predicted octanol–water partition coefficient (Wildman–Crippen LogP) is 1.91. The van der Waals surface area contributed by atoms with Gasteiger partial charge in [0.1, 0.15) is 0 Å². The lowest BCUT2D eigenvalue weighted by Crippen LogP contribution is -2.55. The van der Waals surface area contributed by atoms with E-state index in [1.807, 2.05) is 25.7 Å². The highest BCUT2D eigenvalue weighted by molar-refractivity contribution is 5.95. The number of aromatic nitrogens is 1. The smallest absolute Gasteiger partial charge is 0.254 e. The quantitative estimate of drug-likeness (QED) is 0.850. The molecule has 0 unspecified atom stereocenters. The van der Waals surface area contributed by atoms with E-state index in [0.717, 1.165) is 17.5 Å². The standard InChI is InChI=1S/C16H24N2O3/c1-5-12-8-17-7-6-14(12)15(19)18-9-13(10-20-4)21-16(2,3)11-18/h6-8,13H,5,9-11H2,1-4H3/t13-/m1/s1. The summed E-state index contributed by atoms with van der Waals surface area (Å²) in [6.45, 7) is 7.67. The Morgan fingerprint density at radius 3 is 3.00 bits per heavy atom. The van der Waals surface area contributed by atoms with Crippen molar-refractivity contribution in [3.8, 4) is 0 Å². The van der Waals surface area contributed by atoms with Crippen LogP contribution in [0.15, 0.2) is 18.5 Å². The van der Waals surface area contributed by atoms with Gasteiger partial charge in [-0.25, -0.2) is 0 Å². The SMILES string of the molecule is CCc1cnccc1C(=O)N1C[C@H](COC)OC(C)(C)C1. The second-order valence-electron chi connectivity index (χ2n) is 6.03. The van der Waals surface area contributed by atoms with Crippen molar-refractivity contribution in [2.45, 2.75) is 38.9 Å². The van der Waals surface area contributed by atoms with Crippen LogP contribution in [-0.2, 0) is 15.9 Å². The van der Waals surface area contributed by atoms with Crippen LogP contribution < -0.4 is 0 Å². The van der Waals surface area contributed by atoms with E-state index in [1.54, 1.807) is 25.6 Å². The number of nitrogens with zero attached hydrogens (tertiary/aromatic N) is 2. The number of carbonyl (C=O) groups is 1. The first-order valence-electron chi connectivity index (χ1n) is 7.35. The van der Waals surface area contributed by atoms with Crippen molar-refractivity contribution in [3.63, 3.8) is 0 Å². The Hall–Kier alpha value is -1.46. The second-order valence-corrected chi connectivity index (χ2v) is 6.03. The second kappa shape index (κ2) is 6.54. The van der Waals surface area contributed by atoms with Crippen molar-refractivity contribution < 1.29 is 14.3 Å². The average Bonchev–Trinajstić information content (AvgIpc) is 2.45. The Morgan fingerprint density at radius 1 is 1.57 bits per heavy atom. The number of hydrogen-bond donors (Lipinski definition) is 0. The van der Waals surface area contributed by atoms with E-state index in [0.29, 0.717) is 19.7 Å². The first-order chi connectivity index (χ1) is 9.96. The lowest BCUT2D eigenvalue weighted by atomic mass is 10.0. The van der Waals surface area contributed by atoms with Gasteiger partial charge < -0.3 is 14.4 Å². The van der Waals surface area contributed by atoms with Gasteiger partial charge >= 0.3 is 0 Å². The number of aryl methyl sites for hydroxylation is 1. The molecule has 0 aliphatic carbocycles. The molecule has 1 aliphatic heterocycles. The maximum absolute atomic E-state index is 12.8. The summed E-state index contributed by atoms with van der Waals surface area (Å²) in [4.78, 5) is 18.8. The van der Waals surface area contributed by atoms with Crippen LogP contribution in [0.3, 0.4) is 0 Å². The molecule has 21 heavy (non-hydrogen) atoms. The molecule has 2 rings (SSSR count).